The Morgan fingerprint density at radius 1 is 1.32 bits per heavy atom. The number of urea groups is 1. The van der Waals surface area contributed by atoms with Crippen LogP contribution in [0.25, 0.3) is 0 Å². The van der Waals surface area contributed by atoms with E-state index in [4.69, 9.17) is 10.4 Å². The summed E-state index contributed by atoms with van der Waals surface area (Å²) >= 11 is 0. The van der Waals surface area contributed by atoms with Gasteiger partial charge in [0.15, 0.2) is 0 Å². The Kier molecular flexibility index (Phi) is 4.89. The van der Waals surface area contributed by atoms with Crippen LogP contribution in [0.3, 0.4) is 0 Å². The molecule has 0 radical (unpaired) electrons. The fourth-order valence-corrected chi connectivity index (χ4v) is 1.50. The number of para-hydroxylation sites is 1. The fourth-order valence-electron chi connectivity index (χ4n) is 1.50. The summed E-state index contributed by atoms with van der Waals surface area (Å²) in [5.41, 5.74) is 0.657. The molecule has 0 spiro atoms. The van der Waals surface area contributed by atoms with Gasteiger partial charge in [-0.1, -0.05) is 26.0 Å². The van der Waals surface area contributed by atoms with Crippen molar-refractivity contribution >= 4 is 17.7 Å². The lowest BCUT2D eigenvalue weighted by atomic mass is 10.1. The molecule has 19 heavy (non-hydrogen) atoms. The van der Waals surface area contributed by atoms with Gasteiger partial charge in [-0.3, -0.25) is 0 Å². The summed E-state index contributed by atoms with van der Waals surface area (Å²) in [6, 6.07) is 6.80. The number of carbonyl (C=O) groups excluding carboxylic acids is 1. The maximum atomic E-state index is 11.7. The maximum Gasteiger partial charge on any atom is 0.326 e. The minimum atomic E-state index is -1.10. The molecular weight excluding hydrogens is 246 g/mol. The molecule has 0 unspecified atom stereocenters. The zero-order valence-corrected chi connectivity index (χ0v) is 10.7. The number of carboxylic acids is 1. The third-order valence-electron chi connectivity index (χ3n) is 2.52. The van der Waals surface area contributed by atoms with Gasteiger partial charge in [0.2, 0.25) is 0 Å². The van der Waals surface area contributed by atoms with E-state index in [1.165, 1.54) is 0 Å². The van der Waals surface area contributed by atoms with E-state index in [2.05, 4.69) is 10.6 Å². The lowest BCUT2D eigenvalue weighted by Crippen LogP contribution is -2.46. The maximum absolute atomic E-state index is 11.7. The standard InChI is InChI=1S/C13H15N3O3/c1-8(2)11(12(17)18)16-13(19)15-10-6-4-3-5-9(10)7-14/h3-6,8,11H,1-2H3,(H,17,18)(H2,15,16,19)/t11-/m0/s1. The first kappa shape index (κ1) is 14.5. The normalized spacial score (nSPS) is 11.5. The summed E-state index contributed by atoms with van der Waals surface area (Å²) < 4.78 is 0. The number of rotatable bonds is 4. The molecule has 0 aliphatic heterocycles. The molecule has 1 aromatic rings. The van der Waals surface area contributed by atoms with Gasteiger partial charge in [-0.15, -0.1) is 0 Å². The van der Waals surface area contributed by atoms with Crippen LogP contribution in [0.5, 0.6) is 0 Å². The predicted octanol–water partition coefficient (Wildman–Crippen LogP) is 1.79. The van der Waals surface area contributed by atoms with Crippen molar-refractivity contribution in [2.45, 2.75) is 19.9 Å². The van der Waals surface area contributed by atoms with E-state index in [1.807, 2.05) is 6.07 Å². The number of amides is 2. The zero-order valence-electron chi connectivity index (χ0n) is 10.7. The van der Waals surface area contributed by atoms with Gasteiger partial charge in [0.05, 0.1) is 11.3 Å². The van der Waals surface area contributed by atoms with Crippen molar-refractivity contribution in [3.05, 3.63) is 29.8 Å². The SMILES string of the molecule is CC(C)[C@H](NC(=O)Nc1ccccc1C#N)C(=O)O. The molecule has 3 N–H and O–H groups in total. The van der Waals surface area contributed by atoms with Crippen LogP contribution in [0.1, 0.15) is 19.4 Å². The molecule has 0 aromatic heterocycles. The van der Waals surface area contributed by atoms with Crippen LogP contribution in [-0.4, -0.2) is 23.1 Å². The number of hydrogen-bond donors (Lipinski definition) is 3. The summed E-state index contributed by atoms with van der Waals surface area (Å²) in [5.74, 6) is -1.34. The lowest BCUT2D eigenvalue weighted by molar-refractivity contribution is -0.140. The topological polar surface area (TPSA) is 102 Å². The minimum Gasteiger partial charge on any atom is -0.480 e. The van der Waals surface area contributed by atoms with Crippen molar-refractivity contribution in [2.75, 3.05) is 5.32 Å². The molecule has 0 bridgehead atoms. The van der Waals surface area contributed by atoms with Crippen molar-refractivity contribution in [1.29, 1.82) is 5.26 Å². The molecular formula is C13H15N3O3. The van der Waals surface area contributed by atoms with E-state index in [1.54, 1.807) is 38.1 Å². The molecule has 1 rings (SSSR count). The second-order valence-corrected chi connectivity index (χ2v) is 4.32. The van der Waals surface area contributed by atoms with Crippen molar-refractivity contribution in [3.63, 3.8) is 0 Å². The Labute approximate surface area is 111 Å². The van der Waals surface area contributed by atoms with Crippen LogP contribution in [-0.2, 0) is 4.79 Å². The average molecular weight is 261 g/mol. The van der Waals surface area contributed by atoms with E-state index in [9.17, 15) is 9.59 Å². The highest BCUT2D eigenvalue weighted by Crippen LogP contribution is 2.13. The first-order chi connectivity index (χ1) is 8.95. The molecule has 6 heteroatoms. The quantitative estimate of drug-likeness (QED) is 0.768. The van der Waals surface area contributed by atoms with Crippen LogP contribution >= 0.6 is 0 Å². The summed E-state index contributed by atoms with van der Waals surface area (Å²) in [7, 11) is 0. The van der Waals surface area contributed by atoms with Gasteiger partial charge >= 0.3 is 12.0 Å². The molecule has 6 nitrogen and oxygen atoms in total. The number of hydrogen-bond acceptors (Lipinski definition) is 3. The van der Waals surface area contributed by atoms with Crippen molar-refractivity contribution in [2.24, 2.45) is 5.92 Å². The number of benzene rings is 1. The largest absolute Gasteiger partial charge is 0.480 e. The molecule has 0 heterocycles. The first-order valence-corrected chi connectivity index (χ1v) is 5.75. The van der Waals surface area contributed by atoms with Crippen molar-refractivity contribution in [3.8, 4) is 6.07 Å². The molecule has 1 atom stereocenters. The Balaban J connectivity index is 2.75. The van der Waals surface area contributed by atoms with Crippen LogP contribution < -0.4 is 10.6 Å². The monoisotopic (exact) mass is 261 g/mol. The van der Waals surface area contributed by atoms with Gasteiger partial charge in [-0.05, 0) is 18.1 Å². The summed E-state index contributed by atoms with van der Waals surface area (Å²) in [5, 5.41) is 22.7. The first-order valence-electron chi connectivity index (χ1n) is 5.75. The summed E-state index contributed by atoms with van der Waals surface area (Å²) in [6.45, 7) is 3.39. The van der Waals surface area contributed by atoms with E-state index < -0.39 is 18.0 Å². The number of aliphatic carboxylic acids is 1. The van der Waals surface area contributed by atoms with Gasteiger partial charge in [-0.25, -0.2) is 9.59 Å². The van der Waals surface area contributed by atoms with Crippen LogP contribution in [0.2, 0.25) is 0 Å². The van der Waals surface area contributed by atoms with Crippen molar-refractivity contribution in [1.82, 2.24) is 5.32 Å². The summed E-state index contributed by atoms with van der Waals surface area (Å²) in [4.78, 5) is 22.7. The minimum absolute atomic E-state index is 0.241. The van der Waals surface area contributed by atoms with Crippen LogP contribution in [0.15, 0.2) is 24.3 Å². The Hall–Kier alpha value is -2.55. The molecule has 0 fully saturated rings. The number of nitrogens with one attached hydrogen (secondary N) is 2. The Morgan fingerprint density at radius 2 is 1.95 bits per heavy atom. The van der Waals surface area contributed by atoms with E-state index in [0.717, 1.165) is 0 Å². The molecule has 0 aliphatic carbocycles. The van der Waals surface area contributed by atoms with E-state index >= 15 is 0 Å². The second kappa shape index (κ2) is 6.40. The Morgan fingerprint density at radius 3 is 2.47 bits per heavy atom. The van der Waals surface area contributed by atoms with Gasteiger partial charge in [0.1, 0.15) is 12.1 Å². The average Bonchev–Trinajstić information content (AvgIpc) is 2.36. The van der Waals surface area contributed by atoms with Gasteiger partial charge < -0.3 is 15.7 Å². The van der Waals surface area contributed by atoms with Crippen LogP contribution in [0, 0.1) is 17.2 Å². The zero-order chi connectivity index (χ0) is 14.4. The number of anilines is 1. The van der Waals surface area contributed by atoms with Gasteiger partial charge in [0, 0.05) is 0 Å². The molecule has 0 saturated heterocycles. The molecule has 1 aromatic carbocycles. The second-order valence-electron chi connectivity index (χ2n) is 4.32. The van der Waals surface area contributed by atoms with E-state index in [-0.39, 0.29) is 5.92 Å². The van der Waals surface area contributed by atoms with Gasteiger partial charge in [-0.2, -0.15) is 5.26 Å². The third kappa shape index (κ3) is 4.00. The highest BCUT2D eigenvalue weighted by atomic mass is 16.4. The number of carbonyl (C=O) groups is 2. The number of nitriles is 1. The lowest BCUT2D eigenvalue weighted by Gasteiger charge is -2.18. The highest BCUT2D eigenvalue weighted by Gasteiger charge is 2.23. The summed E-state index contributed by atoms with van der Waals surface area (Å²) in [6.07, 6.45) is 0. The molecule has 100 valence electrons. The molecule has 0 aliphatic rings. The Bertz CT molecular complexity index is 520. The predicted molar refractivity (Wildman–Crippen MR) is 69.6 cm³/mol. The van der Waals surface area contributed by atoms with Gasteiger partial charge in [0.25, 0.3) is 0 Å². The highest BCUT2D eigenvalue weighted by molar-refractivity contribution is 5.93. The fraction of sp³-hybridized carbons (Fsp3) is 0.308. The number of nitrogens with zero attached hydrogens (tertiary/aromatic N) is 1. The number of carboxylic acid groups (broad SMARTS) is 1. The molecule has 0 saturated carbocycles. The van der Waals surface area contributed by atoms with E-state index in [0.29, 0.717) is 11.3 Å². The molecule has 2 amide bonds. The van der Waals surface area contributed by atoms with Crippen molar-refractivity contribution < 1.29 is 14.7 Å². The van der Waals surface area contributed by atoms with Crippen LogP contribution in [0.4, 0.5) is 10.5 Å². The third-order valence-corrected chi connectivity index (χ3v) is 2.52. The smallest absolute Gasteiger partial charge is 0.326 e.